The van der Waals surface area contributed by atoms with Crippen LogP contribution < -0.4 is 4.74 Å². The molecule has 0 amide bonds. The molecule has 0 fully saturated rings. The van der Waals surface area contributed by atoms with Crippen LogP contribution in [0.15, 0.2) is 57.9 Å². The summed E-state index contributed by atoms with van der Waals surface area (Å²) in [7, 11) is 1.69. The van der Waals surface area contributed by atoms with Crippen molar-refractivity contribution < 1.29 is 4.74 Å². The van der Waals surface area contributed by atoms with E-state index in [0.717, 1.165) is 16.0 Å². The van der Waals surface area contributed by atoms with Crippen LogP contribution in [0.2, 0.25) is 0 Å². The minimum Gasteiger partial charge on any atom is -0.497 e. The zero-order valence-corrected chi connectivity index (χ0v) is 11.9. The van der Waals surface area contributed by atoms with Crippen LogP contribution in [0.3, 0.4) is 0 Å². The molecular formula is C14H13BrOS. The predicted octanol–water partition coefficient (Wildman–Crippen LogP) is 4.75. The van der Waals surface area contributed by atoms with Gasteiger partial charge < -0.3 is 4.74 Å². The van der Waals surface area contributed by atoms with E-state index in [2.05, 4.69) is 46.3 Å². The van der Waals surface area contributed by atoms with E-state index in [-0.39, 0.29) is 0 Å². The Kier molecular flexibility index (Phi) is 4.51. The smallest absolute Gasteiger partial charge is 0.119 e. The number of methoxy groups -OCH3 is 1. The van der Waals surface area contributed by atoms with Gasteiger partial charge in [-0.05, 0) is 35.9 Å². The van der Waals surface area contributed by atoms with Gasteiger partial charge in [-0.25, -0.2) is 0 Å². The molecule has 0 saturated carbocycles. The van der Waals surface area contributed by atoms with E-state index in [1.807, 2.05) is 30.0 Å². The minimum absolute atomic E-state index is 0.907. The molecule has 0 bridgehead atoms. The number of halogens is 1. The zero-order valence-electron chi connectivity index (χ0n) is 9.52. The maximum atomic E-state index is 5.21. The van der Waals surface area contributed by atoms with Gasteiger partial charge in [0.25, 0.3) is 0 Å². The Balaban J connectivity index is 2.02. The summed E-state index contributed by atoms with van der Waals surface area (Å²) in [6.07, 6.45) is 0. The summed E-state index contributed by atoms with van der Waals surface area (Å²) < 4.78 is 6.33. The second-order valence-electron chi connectivity index (χ2n) is 3.60. The van der Waals surface area contributed by atoms with Gasteiger partial charge in [0.05, 0.1) is 7.11 Å². The maximum Gasteiger partial charge on any atom is 0.119 e. The maximum absolute atomic E-state index is 5.21. The molecule has 2 rings (SSSR count). The Morgan fingerprint density at radius 3 is 2.71 bits per heavy atom. The summed E-state index contributed by atoms with van der Waals surface area (Å²) in [5.74, 6) is 1.87. The summed E-state index contributed by atoms with van der Waals surface area (Å²) in [5.41, 5.74) is 1.31. The SMILES string of the molecule is COc1cccc(SCc2cccc(Br)c2)c1. The van der Waals surface area contributed by atoms with Crippen molar-refractivity contribution in [1.29, 1.82) is 0 Å². The molecule has 0 radical (unpaired) electrons. The third kappa shape index (κ3) is 3.79. The summed E-state index contributed by atoms with van der Waals surface area (Å²) in [6.45, 7) is 0. The van der Waals surface area contributed by atoms with Crippen molar-refractivity contribution in [3.8, 4) is 5.75 Å². The molecule has 0 N–H and O–H groups in total. The fourth-order valence-electron chi connectivity index (χ4n) is 1.48. The largest absolute Gasteiger partial charge is 0.497 e. The number of ether oxygens (including phenoxy) is 1. The van der Waals surface area contributed by atoms with E-state index >= 15 is 0 Å². The van der Waals surface area contributed by atoms with Crippen LogP contribution in [0.25, 0.3) is 0 Å². The molecule has 0 heterocycles. The summed E-state index contributed by atoms with van der Waals surface area (Å²) >= 11 is 5.29. The van der Waals surface area contributed by atoms with Gasteiger partial charge in [0.1, 0.15) is 5.75 Å². The first-order valence-electron chi connectivity index (χ1n) is 5.29. The van der Waals surface area contributed by atoms with Crippen molar-refractivity contribution in [2.24, 2.45) is 0 Å². The lowest BCUT2D eigenvalue weighted by molar-refractivity contribution is 0.413. The number of benzene rings is 2. The van der Waals surface area contributed by atoms with E-state index in [1.165, 1.54) is 10.5 Å². The van der Waals surface area contributed by atoms with Gasteiger partial charge in [-0.3, -0.25) is 0 Å². The second kappa shape index (κ2) is 6.12. The second-order valence-corrected chi connectivity index (χ2v) is 5.56. The van der Waals surface area contributed by atoms with E-state index in [4.69, 9.17) is 4.74 Å². The molecule has 0 atom stereocenters. The van der Waals surface area contributed by atoms with Crippen LogP contribution in [-0.2, 0) is 5.75 Å². The van der Waals surface area contributed by atoms with Crippen molar-refractivity contribution in [3.63, 3.8) is 0 Å². The van der Waals surface area contributed by atoms with Crippen LogP contribution in [0, 0.1) is 0 Å². The van der Waals surface area contributed by atoms with Gasteiger partial charge in [0.15, 0.2) is 0 Å². The van der Waals surface area contributed by atoms with Crippen molar-refractivity contribution in [2.75, 3.05) is 7.11 Å². The normalized spacial score (nSPS) is 10.2. The molecule has 0 aliphatic heterocycles. The molecule has 0 aliphatic rings. The number of hydrogen-bond acceptors (Lipinski definition) is 2. The molecule has 0 aromatic heterocycles. The van der Waals surface area contributed by atoms with Crippen LogP contribution >= 0.6 is 27.7 Å². The average molecular weight is 309 g/mol. The predicted molar refractivity (Wildman–Crippen MR) is 76.7 cm³/mol. The molecule has 3 heteroatoms. The van der Waals surface area contributed by atoms with Crippen molar-refractivity contribution in [3.05, 3.63) is 58.6 Å². The Bertz CT molecular complexity index is 499. The quantitative estimate of drug-likeness (QED) is 0.754. The third-order valence-electron chi connectivity index (χ3n) is 2.34. The molecule has 1 nitrogen and oxygen atoms in total. The van der Waals surface area contributed by atoms with Crippen LogP contribution in [0.5, 0.6) is 5.75 Å². The van der Waals surface area contributed by atoms with Crippen molar-refractivity contribution in [2.45, 2.75) is 10.6 Å². The molecule has 0 unspecified atom stereocenters. The summed E-state index contributed by atoms with van der Waals surface area (Å²) in [5, 5.41) is 0. The first-order valence-corrected chi connectivity index (χ1v) is 7.07. The highest BCUT2D eigenvalue weighted by molar-refractivity contribution is 9.10. The highest BCUT2D eigenvalue weighted by Crippen LogP contribution is 2.26. The topological polar surface area (TPSA) is 9.23 Å². The summed E-state index contributed by atoms with van der Waals surface area (Å²) in [6, 6.07) is 16.5. The molecule has 0 aliphatic carbocycles. The monoisotopic (exact) mass is 308 g/mol. The molecular weight excluding hydrogens is 296 g/mol. The first kappa shape index (κ1) is 12.5. The number of hydrogen-bond donors (Lipinski definition) is 0. The van der Waals surface area contributed by atoms with E-state index in [1.54, 1.807) is 7.11 Å². The van der Waals surface area contributed by atoms with Gasteiger partial charge in [-0.15, -0.1) is 11.8 Å². The molecule has 0 spiro atoms. The fourth-order valence-corrected chi connectivity index (χ4v) is 2.82. The lowest BCUT2D eigenvalue weighted by Gasteiger charge is -2.04. The Labute approximate surface area is 114 Å². The lowest BCUT2D eigenvalue weighted by Crippen LogP contribution is -1.83. The van der Waals surface area contributed by atoms with Crippen LogP contribution in [-0.4, -0.2) is 7.11 Å². The van der Waals surface area contributed by atoms with Gasteiger partial charge in [0, 0.05) is 15.1 Å². The Hall–Kier alpha value is -0.930. The van der Waals surface area contributed by atoms with Crippen molar-refractivity contribution >= 4 is 27.7 Å². The lowest BCUT2D eigenvalue weighted by atomic mass is 10.2. The molecule has 2 aromatic carbocycles. The Morgan fingerprint density at radius 1 is 1.12 bits per heavy atom. The highest BCUT2D eigenvalue weighted by atomic mass is 79.9. The van der Waals surface area contributed by atoms with Gasteiger partial charge >= 0.3 is 0 Å². The van der Waals surface area contributed by atoms with E-state index in [9.17, 15) is 0 Å². The van der Waals surface area contributed by atoms with Crippen molar-refractivity contribution in [1.82, 2.24) is 0 Å². The zero-order chi connectivity index (χ0) is 12.1. The number of rotatable bonds is 4. The first-order chi connectivity index (χ1) is 8.28. The van der Waals surface area contributed by atoms with Gasteiger partial charge in [0.2, 0.25) is 0 Å². The minimum atomic E-state index is 0.907. The van der Waals surface area contributed by atoms with Crippen LogP contribution in [0.1, 0.15) is 5.56 Å². The third-order valence-corrected chi connectivity index (χ3v) is 3.89. The number of thioether (sulfide) groups is 1. The highest BCUT2D eigenvalue weighted by Gasteiger charge is 1.99. The molecule has 88 valence electrons. The Morgan fingerprint density at radius 2 is 1.94 bits per heavy atom. The fraction of sp³-hybridized carbons (Fsp3) is 0.143. The van der Waals surface area contributed by atoms with E-state index < -0.39 is 0 Å². The molecule has 17 heavy (non-hydrogen) atoms. The molecule has 2 aromatic rings. The van der Waals surface area contributed by atoms with Crippen LogP contribution in [0.4, 0.5) is 0 Å². The standard InChI is InChI=1S/C14H13BrOS/c1-16-13-6-3-7-14(9-13)17-10-11-4-2-5-12(15)8-11/h2-9H,10H2,1H3. The van der Waals surface area contributed by atoms with E-state index in [0.29, 0.717) is 0 Å². The molecule has 0 saturated heterocycles. The summed E-state index contributed by atoms with van der Waals surface area (Å²) in [4.78, 5) is 1.23. The van der Waals surface area contributed by atoms with Gasteiger partial charge in [-0.1, -0.05) is 34.1 Å². The van der Waals surface area contributed by atoms with Gasteiger partial charge in [-0.2, -0.15) is 0 Å². The average Bonchev–Trinajstić information content (AvgIpc) is 2.37.